The first-order valence-electron chi connectivity index (χ1n) is 4.88. The van der Waals surface area contributed by atoms with Gasteiger partial charge in [0.1, 0.15) is 0 Å². The first kappa shape index (κ1) is 11.2. The zero-order chi connectivity index (χ0) is 10.6. The number of hydrogen-bond acceptors (Lipinski definition) is 1. The van der Waals surface area contributed by atoms with E-state index in [-0.39, 0.29) is 0 Å². The molecule has 1 nitrogen and oxygen atoms in total. The van der Waals surface area contributed by atoms with Gasteiger partial charge in [-0.05, 0) is 37.5 Å². The van der Waals surface area contributed by atoms with Crippen LogP contribution >= 0.6 is 0 Å². The smallest absolute Gasteiger partial charge is 0.187 e. The second-order valence-electron chi connectivity index (χ2n) is 3.65. The highest BCUT2D eigenvalue weighted by Gasteiger charge is 2.02. The minimum atomic E-state index is -0.482. The van der Waals surface area contributed by atoms with Crippen molar-refractivity contribution in [2.45, 2.75) is 20.8 Å². The second kappa shape index (κ2) is 5.13. The maximum Gasteiger partial charge on any atom is 0.187 e. The average Bonchev–Trinajstić information content (AvgIpc) is 2.18. The van der Waals surface area contributed by atoms with Gasteiger partial charge in [-0.2, -0.15) is 0 Å². The summed E-state index contributed by atoms with van der Waals surface area (Å²) in [6.07, 6.45) is 0. The van der Waals surface area contributed by atoms with E-state index in [1.54, 1.807) is 7.11 Å². The molecule has 0 amide bonds. The Labute approximate surface area is 88.7 Å². The van der Waals surface area contributed by atoms with Gasteiger partial charge in [-0.25, -0.2) is 0 Å². The molecular weight excluding hydrogens is 188 g/mol. The Morgan fingerprint density at radius 2 is 1.86 bits per heavy atom. The van der Waals surface area contributed by atoms with Crippen molar-refractivity contribution >= 4 is 15.3 Å². The molecule has 0 fully saturated rings. The van der Waals surface area contributed by atoms with Gasteiger partial charge in [-0.3, -0.25) is 0 Å². The third kappa shape index (κ3) is 2.56. The molecule has 2 heteroatoms. The second-order valence-corrected chi connectivity index (χ2v) is 5.58. The minimum Gasteiger partial charge on any atom is -0.422 e. The lowest BCUT2D eigenvalue weighted by Gasteiger charge is -2.09. The van der Waals surface area contributed by atoms with Crippen molar-refractivity contribution in [3.05, 3.63) is 40.6 Å². The predicted octanol–water partition coefficient (Wildman–Crippen LogP) is 2.48. The normalized spacial score (nSPS) is 13.4. The van der Waals surface area contributed by atoms with Gasteiger partial charge >= 0.3 is 0 Å². The molecule has 0 N–H and O–H groups in total. The first-order chi connectivity index (χ1) is 6.66. The molecule has 0 aliphatic carbocycles. The number of aryl methyl sites for hydroxylation is 1. The van der Waals surface area contributed by atoms with E-state index in [4.69, 9.17) is 4.43 Å². The van der Waals surface area contributed by atoms with Crippen LogP contribution in [-0.4, -0.2) is 16.9 Å². The van der Waals surface area contributed by atoms with E-state index in [1.807, 2.05) is 0 Å². The Bertz CT molecular complexity index is 342. The van der Waals surface area contributed by atoms with Gasteiger partial charge < -0.3 is 4.43 Å². The van der Waals surface area contributed by atoms with Crippen LogP contribution in [0.2, 0.25) is 0 Å². The van der Waals surface area contributed by atoms with E-state index in [9.17, 15) is 0 Å². The number of benzene rings is 1. The van der Waals surface area contributed by atoms with Crippen molar-refractivity contribution < 1.29 is 4.43 Å². The molecule has 0 bridgehead atoms. The average molecular weight is 206 g/mol. The van der Waals surface area contributed by atoms with Crippen LogP contribution in [0.15, 0.2) is 29.5 Å². The molecule has 0 aliphatic rings. The van der Waals surface area contributed by atoms with Crippen molar-refractivity contribution in [3.8, 4) is 0 Å². The fraction of sp³-hybridized carbons (Fsp3) is 0.333. The Kier molecular flexibility index (Phi) is 4.11. The molecule has 1 aromatic rings. The van der Waals surface area contributed by atoms with E-state index < -0.39 is 9.76 Å². The largest absolute Gasteiger partial charge is 0.422 e. The lowest BCUT2D eigenvalue weighted by atomic mass is 10.0. The van der Waals surface area contributed by atoms with E-state index in [2.05, 4.69) is 45.0 Å². The Balaban J connectivity index is 3.05. The molecule has 0 saturated heterocycles. The summed E-state index contributed by atoms with van der Waals surface area (Å²) >= 11 is 0. The molecule has 0 spiro atoms. The van der Waals surface area contributed by atoms with Crippen LogP contribution in [0.3, 0.4) is 0 Å². The highest BCUT2D eigenvalue weighted by atomic mass is 28.2. The fourth-order valence-corrected chi connectivity index (χ4v) is 2.39. The molecule has 1 rings (SSSR count). The van der Waals surface area contributed by atoms with Gasteiger partial charge in [0, 0.05) is 7.11 Å². The third-order valence-electron chi connectivity index (χ3n) is 2.55. The van der Waals surface area contributed by atoms with Crippen LogP contribution < -0.4 is 0 Å². The lowest BCUT2D eigenvalue weighted by molar-refractivity contribution is 0.447. The van der Waals surface area contributed by atoms with Gasteiger partial charge in [0.25, 0.3) is 0 Å². The highest BCUT2D eigenvalue weighted by Crippen LogP contribution is 2.20. The van der Waals surface area contributed by atoms with Gasteiger partial charge in [-0.15, -0.1) is 0 Å². The van der Waals surface area contributed by atoms with Crippen LogP contribution in [-0.2, 0) is 4.43 Å². The highest BCUT2D eigenvalue weighted by molar-refractivity contribution is 6.40. The van der Waals surface area contributed by atoms with Crippen molar-refractivity contribution in [2.75, 3.05) is 7.11 Å². The zero-order valence-electron chi connectivity index (χ0n) is 9.42. The number of allylic oxidation sites excluding steroid dienone is 2. The standard InChI is InChI=1S/C12H18OSi/c1-9-7-5-6-8-12(9)10(2)11(3)14-13-4/h5-8H,14H2,1-4H3. The van der Waals surface area contributed by atoms with E-state index in [0.29, 0.717) is 0 Å². The SMILES string of the molecule is CO[SiH2]C(C)=C(C)c1ccccc1C. The number of hydrogen-bond donors (Lipinski definition) is 0. The molecule has 0 unspecified atom stereocenters. The molecule has 76 valence electrons. The topological polar surface area (TPSA) is 9.23 Å². The van der Waals surface area contributed by atoms with Crippen molar-refractivity contribution in [1.82, 2.24) is 0 Å². The zero-order valence-corrected chi connectivity index (χ0v) is 10.8. The van der Waals surface area contributed by atoms with Gasteiger partial charge in [0.05, 0.1) is 0 Å². The maximum atomic E-state index is 5.27. The van der Waals surface area contributed by atoms with E-state index in [0.717, 1.165) is 0 Å². The Morgan fingerprint density at radius 1 is 1.21 bits per heavy atom. The molecule has 0 saturated carbocycles. The molecule has 0 atom stereocenters. The third-order valence-corrected chi connectivity index (χ3v) is 3.80. The molecule has 0 aliphatic heterocycles. The summed E-state index contributed by atoms with van der Waals surface area (Å²) in [5.74, 6) is 0. The van der Waals surface area contributed by atoms with E-state index >= 15 is 0 Å². The maximum absolute atomic E-state index is 5.27. The molecule has 0 radical (unpaired) electrons. The summed E-state index contributed by atoms with van der Waals surface area (Å²) in [6.45, 7) is 6.52. The molecule has 0 aromatic heterocycles. The minimum absolute atomic E-state index is 0.482. The predicted molar refractivity (Wildman–Crippen MR) is 65.0 cm³/mol. The summed E-state index contributed by atoms with van der Waals surface area (Å²) in [7, 11) is 1.31. The molecule has 14 heavy (non-hydrogen) atoms. The molecule has 1 aromatic carbocycles. The molecular formula is C12H18OSi. The van der Waals surface area contributed by atoms with Crippen LogP contribution in [0.1, 0.15) is 25.0 Å². The molecule has 0 heterocycles. The Hall–Kier alpha value is -0.863. The first-order valence-corrected chi connectivity index (χ1v) is 6.16. The summed E-state index contributed by atoms with van der Waals surface area (Å²) in [5, 5.41) is 1.43. The Morgan fingerprint density at radius 3 is 2.43 bits per heavy atom. The van der Waals surface area contributed by atoms with Crippen molar-refractivity contribution in [1.29, 1.82) is 0 Å². The lowest BCUT2D eigenvalue weighted by Crippen LogP contribution is -1.99. The van der Waals surface area contributed by atoms with E-state index in [1.165, 1.54) is 21.9 Å². The quantitative estimate of drug-likeness (QED) is 0.690. The summed E-state index contributed by atoms with van der Waals surface area (Å²) in [4.78, 5) is 0. The van der Waals surface area contributed by atoms with Crippen LogP contribution in [0, 0.1) is 6.92 Å². The van der Waals surface area contributed by atoms with Crippen LogP contribution in [0.4, 0.5) is 0 Å². The fourth-order valence-electron chi connectivity index (χ4n) is 1.55. The summed E-state index contributed by atoms with van der Waals surface area (Å²) in [6, 6.07) is 8.50. The summed E-state index contributed by atoms with van der Waals surface area (Å²) in [5.41, 5.74) is 4.08. The number of rotatable bonds is 3. The van der Waals surface area contributed by atoms with Crippen molar-refractivity contribution in [3.63, 3.8) is 0 Å². The van der Waals surface area contributed by atoms with Crippen LogP contribution in [0.25, 0.3) is 5.57 Å². The van der Waals surface area contributed by atoms with Crippen molar-refractivity contribution in [2.24, 2.45) is 0 Å². The van der Waals surface area contributed by atoms with Crippen LogP contribution in [0.5, 0.6) is 0 Å². The van der Waals surface area contributed by atoms with Gasteiger partial charge in [0.15, 0.2) is 9.76 Å². The summed E-state index contributed by atoms with van der Waals surface area (Å²) < 4.78 is 5.27. The van der Waals surface area contributed by atoms with Gasteiger partial charge in [0.2, 0.25) is 0 Å². The van der Waals surface area contributed by atoms with Gasteiger partial charge in [-0.1, -0.05) is 29.5 Å². The monoisotopic (exact) mass is 206 g/mol.